The van der Waals surface area contributed by atoms with E-state index < -0.39 is 40.5 Å². The number of carbonyl (C=O) groups excluding carboxylic acids is 1. The molecule has 1 aromatic heterocycles. The Bertz CT molecular complexity index is 475. The zero-order chi connectivity index (χ0) is 14.1. The van der Waals surface area contributed by atoms with Crippen LogP contribution in [-0.2, 0) is 10.9 Å². The zero-order valence-electron chi connectivity index (χ0n) is 8.69. The van der Waals surface area contributed by atoms with Gasteiger partial charge in [-0.25, -0.2) is 18.6 Å². The molecule has 0 bridgehead atoms. The lowest BCUT2D eigenvalue weighted by atomic mass is 10.2. The van der Waals surface area contributed by atoms with Crippen molar-refractivity contribution in [3.8, 4) is 0 Å². The molecule has 1 aromatic rings. The van der Waals surface area contributed by atoms with E-state index in [0.29, 0.717) is 6.07 Å². The molecule has 18 heavy (non-hydrogen) atoms. The molecule has 9 heteroatoms. The maximum absolute atomic E-state index is 12.5. The molecule has 0 unspecified atom stereocenters. The molecule has 0 radical (unpaired) electrons. The van der Waals surface area contributed by atoms with Crippen LogP contribution >= 0.6 is 11.6 Å². The molecule has 0 atom stereocenters. The maximum Gasteiger partial charge on any atom is 0.434 e. The predicted molar refractivity (Wildman–Crippen MR) is 50.5 cm³/mol. The van der Waals surface area contributed by atoms with E-state index in [0.717, 1.165) is 7.11 Å². The van der Waals surface area contributed by atoms with Crippen LogP contribution < -0.4 is 0 Å². The van der Waals surface area contributed by atoms with Crippen molar-refractivity contribution < 1.29 is 31.5 Å². The summed E-state index contributed by atoms with van der Waals surface area (Å²) in [7, 11) is 0.883. The summed E-state index contributed by atoms with van der Waals surface area (Å²) in [4.78, 5) is 13.9. The Hall–Kier alpha value is -1.44. The molecule has 0 N–H and O–H groups in total. The van der Waals surface area contributed by atoms with Crippen molar-refractivity contribution in [2.24, 2.45) is 0 Å². The van der Waals surface area contributed by atoms with Crippen molar-refractivity contribution in [3.63, 3.8) is 0 Å². The van der Waals surface area contributed by atoms with Gasteiger partial charge in [-0.3, -0.25) is 0 Å². The van der Waals surface area contributed by atoms with E-state index in [4.69, 9.17) is 11.6 Å². The number of hydrogen-bond donors (Lipinski definition) is 0. The summed E-state index contributed by atoms with van der Waals surface area (Å²) in [6.45, 7) is 0. The maximum atomic E-state index is 12.5. The summed E-state index contributed by atoms with van der Waals surface area (Å²) < 4.78 is 66.6. The summed E-state index contributed by atoms with van der Waals surface area (Å²) in [5, 5.41) is -1.23. The third-order valence-corrected chi connectivity index (χ3v) is 2.28. The highest BCUT2D eigenvalue weighted by Gasteiger charge is 2.38. The van der Waals surface area contributed by atoms with Gasteiger partial charge in [-0.1, -0.05) is 11.6 Å². The number of aromatic nitrogens is 1. The van der Waals surface area contributed by atoms with Crippen LogP contribution in [0.3, 0.4) is 0 Å². The average Bonchev–Trinajstić information content (AvgIpc) is 2.26. The number of nitrogens with zero attached hydrogens (tertiary/aromatic N) is 1. The lowest BCUT2D eigenvalue weighted by Crippen LogP contribution is -2.15. The molecule has 100 valence electrons. The molecule has 0 saturated carbocycles. The van der Waals surface area contributed by atoms with E-state index in [1.54, 1.807) is 0 Å². The van der Waals surface area contributed by atoms with Crippen molar-refractivity contribution in [3.05, 3.63) is 28.0 Å². The first-order chi connectivity index (χ1) is 8.18. The standard InChI is InChI=1S/C9H5ClF5NO2/c1-18-8(17)4-2-3(7(11)12)5(10)6(16-4)9(13,14)15/h2,7H,1H3. The molecule has 1 heterocycles. The van der Waals surface area contributed by atoms with Crippen molar-refractivity contribution in [1.29, 1.82) is 0 Å². The monoisotopic (exact) mass is 289 g/mol. The van der Waals surface area contributed by atoms with E-state index in [-0.39, 0.29) is 0 Å². The van der Waals surface area contributed by atoms with Gasteiger partial charge in [-0.2, -0.15) is 13.2 Å². The highest BCUT2D eigenvalue weighted by molar-refractivity contribution is 6.32. The van der Waals surface area contributed by atoms with Crippen molar-refractivity contribution in [2.75, 3.05) is 7.11 Å². The van der Waals surface area contributed by atoms with Crippen LogP contribution in [0.2, 0.25) is 5.02 Å². The van der Waals surface area contributed by atoms with Crippen LogP contribution in [0.5, 0.6) is 0 Å². The van der Waals surface area contributed by atoms with Crippen molar-refractivity contribution in [2.45, 2.75) is 12.6 Å². The fraction of sp³-hybridized carbons (Fsp3) is 0.333. The summed E-state index contributed by atoms with van der Waals surface area (Å²) in [6, 6.07) is 0.466. The number of halogens is 6. The number of alkyl halides is 5. The Kier molecular flexibility index (Phi) is 4.10. The van der Waals surface area contributed by atoms with Gasteiger partial charge in [0.05, 0.1) is 12.1 Å². The molecule has 0 fully saturated rings. The second-order valence-electron chi connectivity index (χ2n) is 3.05. The van der Waals surface area contributed by atoms with Crippen molar-refractivity contribution >= 4 is 17.6 Å². The number of carbonyl (C=O) groups is 1. The van der Waals surface area contributed by atoms with Gasteiger partial charge < -0.3 is 4.74 Å². The Labute approximate surface area is 103 Å². The number of esters is 1. The second kappa shape index (κ2) is 5.05. The van der Waals surface area contributed by atoms with Gasteiger partial charge in [0, 0.05) is 5.56 Å². The Morgan fingerprint density at radius 2 is 2.00 bits per heavy atom. The first kappa shape index (κ1) is 14.6. The predicted octanol–water partition coefficient (Wildman–Crippen LogP) is 3.48. The summed E-state index contributed by atoms with van der Waals surface area (Å²) in [5.41, 5.74) is -3.76. The molecule has 0 aliphatic carbocycles. The van der Waals surface area contributed by atoms with Gasteiger partial charge in [0.2, 0.25) is 0 Å². The SMILES string of the molecule is COC(=O)c1cc(C(F)F)c(Cl)c(C(F)(F)F)n1. The largest absolute Gasteiger partial charge is 0.464 e. The van der Waals surface area contributed by atoms with Crippen molar-refractivity contribution in [1.82, 2.24) is 4.98 Å². The zero-order valence-corrected chi connectivity index (χ0v) is 9.44. The van der Waals surface area contributed by atoms with E-state index in [1.165, 1.54) is 0 Å². The smallest absolute Gasteiger partial charge is 0.434 e. The molecule has 1 rings (SSSR count). The van der Waals surface area contributed by atoms with E-state index in [9.17, 15) is 26.7 Å². The lowest BCUT2D eigenvalue weighted by molar-refractivity contribution is -0.141. The molecular weight excluding hydrogens is 285 g/mol. The number of rotatable bonds is 2. The van der Waals surface area contributed by atoms with Gasteiger partial charge >= 0.3 is 12.1 Å². The molecule has 0 spiro atoms. The molecule has 0 aromatic carbocycles. The van der Waals surface area contributed by atoms with Crippen LogP contribution in [0.4, 0.5) is 22.0 Å². The van der Waals surface area contributed by atoms with Gasteiger partial charge in [0.1, 0.15) is 5.69 Å². The minimum atomic E-state index is -5.05. The molecule has 0 aliphatic rings. The highest BCUT2D eigenvalue weighted by Crippen LogP contribution is 2.38. The third-order valence-electron chi connectivity index (χ3n) is 1.88. The first-order valence-corrected chi connectivity index (χ1v) is 4.70. The Balaban J connectivity index is 3.52. The molecular formula is C9H5ClF5NO2. The fourth-order valence-electron chi connectivity index (χ4n) is 1.10. The molecule has 0 amide bonds. The van der Waals surface area contributed by atoms with Gasteiger partial charge in [0.25, 0.3) is 6.43 Å². The number of pyridine rings is 1. The van der Waals surface area contributed by atoms with Crippen LogP contribution in [0, 0.1) is 0 Å². The van der Waals surface area contributed by atoms with Crippen LogP contribution in [0.25, 0.3) is 0 Å². The van der Waals surface area contributed by atoms with Gasteiger partial charge in [0.15, 0.2) is 5.69 Å². The van der Waals surface area contributed by atoms with Crippen LogP contribution in [-0.4, -0.2) is 18.1 Å². The average molecular weight is 290 g/mol. The Morgan fingerprint density at radius 1 is 1.44 bits per heavy atom. The number of methoxy groups -OCH3 is 1. The van der Waals surface area contributed by atoms with E-state index in [1.807, 2.05) is 0 Å². The molecule has 0 aliphatic heterocycles. The summed E-state index contributed by atoms with van der Waals surface area (Å²) >= 11 is 5.19. The quantitative estimate of drug-likeness (QED) is 0.618. The van der Waals surface area contributed by atoms with Gasteiger partial charge in [-0.05, 0) is 6.07 Å². The van der Waals surface area contributed by atoms with E-state index >= 15 is 0 Å². The molecule has 3 nitrogen and oxygen atoms in total. The van der Waals surface area contributed by atoms with Gasteiger partial charge in [-0.15, -0.1) is 0 Å². The van der Waals surface area contributed by atoms with Crippen LogP contribution in [0.15, 0.2) is 6.07 Å². The summed E-state index contributed by atoms with van der Waals surface area (Å²) in [6.07, 6.45) is -8.32. The number of hydrogen-bond acceptors (Lipinski definition) is 3. The third kappa shape index (κ3) is 2.87. The first-order valence-electron chi connectivity index (χ1n) is 4.32. The topological polar surface area (TPSA) is 39.2 Å². The minimum absolute atomic E-state index is 0.466. The lowest BCUT2D eigenvalue weighted by Gasteiger charge is -2.12. The Morgan fingerprint density at radius 3 is 2.39 bits per heavy atom. The minimum Gasteiger partial charge on any atom is -0.464 e. The normalized spacial score (nSPS) is 11.8. The van der Waals surface area contributed by atoms with Crippen LogP contribution in [0.1, 0.15) is 28.2 Å². The molecule has 0 saturated heterocycles. The highest BCUT2D eigenvalue weighted by atomic mass is 35.5. The second-order valence-corrected chi connectivity index (χ2v) is 3.43. The summed E-state index contributed by atoms with van der Waals surface area (Å²) in [5.74, 6) is -1.26. The fourth-order valence-corrected chi connectivity index (χ4v) is 1.39. The van der Waals surface area contributed by atoms with E-state index in [2.05, 4.69) is 9.72 Å². The number of ether oxygens (including phenoxy) is 1.